The van der Waals surface area contributed by atoms with E-state index in [1.807, 2.05) is 19.9 Å². The molecule has 1 aromatic rings. The number of halogens is 1. The zero-order valence-corrected chi connectivity index (χ0v) is 9.59. The van der Waals surface area contributed by atoms with Crippen molar-refractivity contribution in [1.29, 1.82) is 0 Å². The topological polar surface area (TPSA) is 46.5 Å². The van der Waals surface area contributed by atoms with E-state index in [4.69, 9.17) is 9.84 Å². The van der Waals surface area contributed by atoms with Crippen LogP contribution in [0.3, 0.4) is 0 Å². The van der Waals surface area contributed by atoms with Gasteiger partial charge in [-0.05, 0) is 31.5 Å². The Morgan fingerprint density at radius 2 is 2.21 bits per heavy atom. The van der Waals surface area contributed by atoms with Gasteiger partial charge in [-0.15, -0.1) is 0 Å². The number of carboxylic acids is 1. The predicted octanol–water partition coefficient (Wildman–Crippen LogP) is 2.85. The van der Waals surface area contributed by atoms with Gasteiger partial charge in [0, 0.05) is 4.47 Å². The lowest BCUT2D eigenvalue weighted by Gasteiger charge is -2.10. The molecular weight excluding hydrogens is 248 g/mol. The summed E-state index contributed by atoms with van der Waals surface area (Å²) in [5.41, 5.74) is 1.01. The van der Waals surface area contributed by atoms with Gasteiger partial charge in [0.1, 0.15) is 11.3 Å². The van der Waals surface area contributed by atoms with Gasteiger partial charge in [0.05, 0.1) is 6.61 Å². The van der Waals surface area contributed by atoms with Crippen molar-refractivity contribution < 1.29 is 14.6 Å². The first-order chi connectivity index (χ1) is 6.56. The lowest BCUT2D eigenvalue weighted by molar-refractivity contribution is 0.0692. The molecule has 1 N–H and O–H groups in total. The first-order valence-electron chi connectivity index (χ1n) is 4.22. The first-order valence-corrected chi connectivity index (χ1v) is 5.01. The van der Waals surface area contributed by atoms with Crippen LogP contribution in [0.5, 0.6) is 5.75 Å². The third-order valence-electron chi connectivity index (χ3n) is 1.76. The molecule has 0 bridgehead atoms. The maximum atomic E-state index is 10.9. The fourth-order valence-electron chi connectivity index (χ4n) is 1.22. The number of hydrogen-bond donors (Lipinski definition) is 1. The number of ether oxygens (including phenoxy) is 1. The number of carbonyl (C=O) groups is 1. The van der Waals surface area contributed by atoms with Crippen molar-refractivity contribution in [3.8, 4) is 5.75 Å². The van der Waals surface area contributed by atoms with E-state index >= 15 is 0 Å². The van der Waals surface area contributed by atoms with Crippen molar-refractivity contribution >= 4 is 21.9 Å². The fourth-order valence-corrected chi connectivity index (χ4v) is 1.80. The second-order valence-electron chi connectivity index (χ2n) is 2.84. The molecule has 14 heavy (non-hydrogen) atoms. The average Bonchev–Trinajstić information content (AvgIpc) is 2.09. The molecule has 0 amide bonds. The number of benzene rings is 1. The summed E-state index contributed by atoms with van der Waals surface area (Å²) in [7, 11) is 0. The van der Waals surface area contributed by atoms with Crippen LogP contribution in [0.4, 0.5) is 0 Å². The monoisotopic (exact) mass is 258 g/mol. The largest absolute Gasteiger partial charge is 0.493 e. The Bertz CT molecular complexity index is 361. The normalized spacial score (nSPS) is 9.93. The highest BCUT2D eigenvalue weighted by Crippen LogP contribution is 2.27. The molecule has 4 heteroatoms. The number of aromatic carboxylic acids is 1. The minimum Gasteiger partial charge on any atom is -0.493 e. The van der Waals surface area contributed by atoms with E-state index in [2.05, 4.69) is 15.9 Å². The third-order valence-corrected chi connectivity index (χ3v) is 2.22. The fraction of sp³-hybridized carbons (Fsp3) is 0.300. The summed E-state index contributed by atoms with van der Waals surface area (Å²) in [6, 6.07) is 3.37. The SMILES string of the molecule is CCOc1c(C)cc(Br)cc1C(=O)O. The molecule has 3 nitrogen and oxygen atoms in total. The van der Waals surface area contributed by atoms with Crippen LogP contribution >= 0.6 is 15.9 Å². The van der Waals surface area contributed by atoms with E-state index in [1.54, 1.807) is 6.07 Å². The van der Waals surface area contributed by atoms with Crippen molar-refractivity contribution in [2.24, 2.45) is 0 Å². The van der Waals surface area contributed by atoms with Crippen molar-refractivity contribution in [1.82, 2.24) is 0 Å². The number of aryl methyl sites for hydroxylation is 1. The molecule has 0 unspecified atom stereocenters. The van der Waals surface area contributed by atoms with E-state index in [9.17, 15) is 4.79 Å². The molecule has 0 spiro atoms. The van der Waals surface area contributed by atoms with E-state index in [-0.39, 0.29) is 5.56 Å². The third kappa shape index (κ3) is 2.26. The summed E-state index contributed by atoms with van der Waals surface area (Å²) in [6.07, 6.45) is 0. The van der Waals surface area contributed by atoms with Crippen molar-refractivity contribution in [2.75, 3.05) is 6.61 Å². The van der Waals surface area contributed by atoms with E-state index < -0.39 is 5.97 Å². The van der Waals surface area contributed by atoms with Crippen LogP contribution in [0, 0.1) is 6.92 Å². The van der Waals surface area contributed by atoms with Crippen LogP contribution < -0.4 is 4.74 Å². The molecule has 1 aromatic carbocycles. The smallest absolute Gasteiger partial charge is 0.339 e. The molecule has 0 heterocycles. The summed E-state index contributed by atoms with van der Waals surface area (Å²) < 4.78 is 6.03. The Hall–Kier alpha value is -1.03. The Labute approximate surface area is 90.8 Å². The van der Waals surface area contributed by atoms with Gasteiger partial charge in [-0.1, -0.05) is 15.9 Å². The van der Waals surface area contributed by atoms with E-state index in [0.717, 1.165) is 10.0 Å². The average molecular weight is 259 g/mol. The van der Waals surface area contributed by atoms with Crippen LogP contribution in [0.25, 0.3) is 0 Å². The van der Waals surface area contributed by atoms with Crippen LogP contribution in [0.1, 0.15) is 22.8 Å². The Morgan fingerprint density at radius 3 is 2.71 bits per heavy atom. The zero-order valence-electron chi connectivity index (χ0n) is 8.00. The number of hydrogen-bond acceptors (Lipinski definition) is 2. The van der Waals surface area contributed by atoms with Crippen LogP contribution in [0.2, 0.25) is 0 Å². The molecule has 0 fully saturated rings. The van der Waals surface area contributed by atoms with Crippen molar-refractivity contribution in [3.05, 3.63) is 27.7 Å². The molecular formula is C10H11BrO3. The number of rotatable bonds is 3. The molecule has 1 rings (SSSR count). The van der Waals surface area contributed by atoms with Gasteiger partial charge in [0.2, 0.25) is 0 Å². The van der Waals surface area contributed by atoms with Crippen molar-refractivity contribution in [2.45, 2.75) is 13.8 Å². The quantitative estimate of drug-likeness (QED) is 0.907. The minimum atomic E-state index is -0.974. The Balaban J connectivity index is 3.28. The van der Waals surface area contributed by atoms with Gasteiger partial charge < -0.3 is 9.84 Å². The molecule has 0 saturated heterocycles. The predicted molar refractivity (Wildman–Crippen MR) is 57.0 cm³/mol. The van der Waals surface area contributed by atoms with Gasteiger partial charge in [0.15, 0.2) is 0 Å². The molecule has 0 aliphatic heterocycles. The lowest BCUT2D eigenvalue weighted by Crippen LogP contribution is -2.04. The molecule has 0 aliphatic rings. The van der Waals surface area contributed by atoms with E-state index in [1.165, 1.54) is 0 Å². The summed E-state index contributed by atoms with van der Waals surface area (Å²) in [6.45, 7) is 4.11. The molecule has 0 atom stereocenters. The summed E-state index contributed by atoms with van der Waals surface area (Å²) in [5.74, 6) is -0.527. The van der Waals surface area contributed by atoms with Gasteiger partial charge in [-0.3, -0.25) is 0 Å². The molecule has 0 radical (unpaired) electrons. The standard InChI is InChI=1S/C10H11BrO3/c1-3-14-9-6(2)4-7(11)5-8(9)10(12)13/h4-5H,3H2,1-2H3,(H,12,13). The van der Waals surface area contributed by atoms with Crippen LogP contribution in [-0.4, -0.2) is 17.7 Å². The molecule has 0 aliphatic carbocycles. The Morgan fingerprint density at radius 1 is 1.57 bits per heavy atom. The summed E-state index contributed by atoms with van der Waals surface area (Å²) in [5, 5.41) is 8.94. The maximum Gasteiger partial charge on any atom is 0.339 e. The second-order valence-corrected chi connectivity index (χ2v) is 3.75. The zero-order chi connectivity index (χ0) is 10.7. The van der Waals surface area contributed by atoms with Crippen LogP contribution in [0.15, 0.2) is 16.6 Å². The highest BCUT2D eigenvalue weighted by atomic mass is 79.9. The molecule has 76 valence electrons. The molecule has 0 aromatic heterocycles. The molecule has 0 saturated carbocycles. The maximum absolute atomic E-state index is 10.9. The van der Waals surface area contributed by atoms with Gasteiger partial charge in [-0.25, -0.2) is 4.79 Å². The Kier molecular flexibility index (Phi) is 3.52. The van der Waals surface area contributed by atoms with Crippen molar-refractivity contribution in [3.63, 3.8) is 0 Å². The second kappa shape index (κ2) is 4.46. The summed E-state index contributed by atoms with van der Waals surface area (Å²) in [4.78, 5) is 10.9. The highest BCUT2D eigenvalue weighted by molar-refractivity contribution is 9.10. The highest BCUT2D eigenvalue weighted by Gasteiger charge is 2.14. The summed E-state index contributed by atoms with van der Waals surface area (Å²) >= 11 is 3.25. The van der Waals surface area contributed by atoms with Gasteiger partial charge in [-0.2, -0.15) is 0 Å². The minimum absolute atomic E-state index is 0.193. The first kappa shape index (κ1) is 11.0. The lowest BCUT2D eigenvalue weighted by atomic mass is 10.1. The van der Waals surface area contributed by atoms with E-state index in [0.29, 0.717) is 12.4 Å². The van der Waals surface area contributed by atoms with Gasteiger partial charge in [0.25, 0.3) is 0 Å². The van der Waals surface area contributed by atoms with Crippen LogP contribution in [-0.2, 0) is 0 Å². The number of carboxylic acid groups (broad SMARTS) is 1. The van der Waals surface area contributed by atoms with Gasteiger partial charge >= 0.3 is 5.97 Å².